The number of nitrogens with one attached hydrogen (secondary N) is 1. The van der Waals surface area contributed by atoms with Crippen molar-refractivity contribution in [3.05, 3.63) is 29.6 Å². The van der Waals surface area contributed by atoms with Gasteiger partial charge in [-0.15, -0.1) is 0 Å². The Hall–Kier alpha value is -1.99. The molecule has 2 heterocycles. The summed E-state index contributed by atoms with van der Waals surface area (Å²) in [7, 11) is 0. The van der Waals surface area contributed by atoms with Gasteiger partial charge in [-0.25, -0.2) is 4.79 Å². The van der Waals surface area contributed by atoms with Crippen LogP contribution in [0, 0.1) is 0 Å². The Balaban J connectivity index is 1.87. The summed E-state index contributed by atoms with van der Waals surface area (Å²) >= 11 is 0. The van der Waals surface area contributed by atoms with Crippen molar-refractivity contribution in [3.63, 3.8) is 0 Å². The molecule has 1 saturated heterocycles. The number of hydrogen-bond acceptors (Lipinski definition) is 5. The zero-order valence-corrected chi connectivity index (χ0v) is 11.0. The smallest absolute Gasteiger partial charge is 0.338 e. The van der Waals surface area contributed by atoms with Crippen LogP contribution in [0.2, 0.25) is 0 Å². The lowest BCUT2D eigenvalue weighted by Gasteiger charge is -2.26. The van der Waals surface area contributed by atoms with Gasteiger partial charge in [-0.1, -0.05) is 0 Å². The van der Waals surface area contributed by atoms with Gasteiger partial charge in [0.15, 0.2) is 0 Å². The van der Waals surface area contributed by atoms with Gasteiger partial charge in [-0.05, 0) is 6.07 Å². The number of carboxylic acids is 1. The van der Waals surface area contributed by atoms with Crippen LogP contribution in [0.3, 0.4) is 0 Å². The number of nitrogens with zero attached hydrogens (tertiary/aromatic N) is 2. The molecule has 0 radical (unpaired) electrons. The van der Waals surface area contributed by atoms with Crippen LogP contribution in [0.1, 0.15) is 20.7 Å². The fourth-order valence-corrected chi connectivity index (χ4v) is 2.01. The largest absolute Gasteiger partial charge is 0.478 e. The average Bonchev–Trinajstić information content (AvgIpc) is 2.48. The van der Waals surface area contributed by atoms with Gasteiger partial charge < -0.3 is 15.2 Å². The Bertz CT molecular complexity index is 486. The van der Waals surface area contributed by atoms with Gasteiger partial charge in [0, 0.05) is 38.6 Å². The van der Waals surface area contributed by atoms with Crippen molar-refractivity contribution in [1.82, 2.24) is 15.2 Å². The third-order valence-corrected chi connectivity index (χ3v) is 3.11. The molecular formula is C13H17N3O4. The molecule has 1 aliphatic heterocycles. The highest BCUT2D eigenvalue weighted by molar-refractivity contribution is 6.04. The second kappa shape index (κ2) is 6.97. The zero-order chi connectivity index (χ0) is 14.4. The molecule has 1 aromatic rings. The number of hydrogen-bond donors (Lipinski definition) is 2. The van der Waals surface area contributed by atoms with Crippen molar-refractivity contribution in [3.8, 4) is 0 Å². The van der Waals surface area contributed by atoms with Crippen molar-refractivity contribution in [1.29, 1.82) is 0 Å². The number of aromatic nitrogens is 1. The minimum atomic E-state index is -1.16. The Morgan fingerprint density at radius 1 is 1.35 bits per heavy atom. The highest BCUT2D eigenvalue weighted by Gasteiger charge is 2.16. The molecule has 0 unspecified atom stereocenters. The first-order chi connectivity index (χ1) is 9.68. The lowest BCUT2D eigenvalue weighted by molar-refractivity contribution is 0.0383. The molecule has 7 heteroatoms. The van der Waals surface area contributed by atoms with E-state index in [-0.39, 0.29) is 11.1 Å². The number of morpholine rings is 1. The van der Waals surface area contributed by atoms with E-state index in [1.165, 1.54) is 18.5 Å². The van der Waals surface area contributed by atoms with Gasteiger partial charge >= 0.3 is 5.97 Å². The fourth-order valence-electron chi connectivity index (χ4n) is 2.01. The van der Waals surface area contributed by atoms with E-state index in [2.05, 4.69) is 15.2 Å². The predicted molar refractivity (Wildman–Crippen MR) is 70.8 cm³/mol. The number of carbonyl (C=O) groups excluding carboxylic acids is 1. The number of ether oxygens (including phenoxy) is 1. The van der Waals surface area contributed by atoms with Gasteiger partial charge in [-0.3, -0.25) is 14.7 Å². The van der Waals surface area contributed by atoms with Crippen LogP contribution >= 0.6 is 0 Å². The topological polar surface area (TPSA) is 91.8 Å². The van der Waals surface area contributed by atoms with E-state index in [1.54, 1.807) is 0 Å². The monoisotopic (exact) mass is 279 g/mol. The van der Waals surface area contributed by atoms with Crippen molar-refractivity contribution in [2.75, 3.05) is 39.4 Å². The maximum Gasteiger partial charge on any atom is 0.338 e. The number of aromatic carboxylic acids is 1. The number of rotatable bonds is 5. The van der Waals surface area contributed by atoms with Gasteiger partial charge in [0.25, 0.3) is 5.91 Å². The molecular weight excluding hydrogens is 262 g/mol. The number of carboxylic acid groups (broad SMARTS) is 1. The highest BCUT2D eigenvalue weighted by atomic mass is 16.5. The van der Waals surface area contributed by atoms with Crippen molar-refractivity contribution < 1.29 is 19.4 Å². The molecule has 1 amide bonds. The van der Waals surface area contributed by atoms with Gasteiger partial charge in [-0.2, -0.15) is 0 Å². The number of pyridine rings is 1. The minimum absolute atomic E-state index is 0.0867. The molecule has 0 bridgehead atoms. The molecule has 1 fully saturated rings. The van der Waals surface area contributed by atoms with Crippen LogP contribution in [0.4, 0.5) is 0 Å². The third-order valence-electron chi connectivity index (χ3n) is 3.11. The lowest BCUT2D eigenvalue weighted by Crippen LogP contribution is -2.41. The number of amides is 1. The van der Waals surface area contributed by atoms with Crippen LogP contribution < -0.4 is 5.32 Å². The Morgan fingerprint density at radius 3 is 2.80 bits per heavy atom. The summed E-state index contributed by atoms with van der Waals surface area (Å²) in [5, 5.41) is 11.7. The van der Waals surface area contributed by atoms with Gasteiger partial charge in [0.05, 0.1) is 24.3 Å². The molecule has 2 rings (SSSR count). The van der Waals surface area contributed by atoms with Crippen LogP contribution in [0.25, 0.3) is 0 Å². The van der Waals surface area contributed by atoms with Crippen molar-refractivity contribution in [2.45, 2.75) is 0 Å². The van der Waals surface area contributed by atoms with E-state index in [1.807, 2.05) is 0 Å². The number of carbonyl (C=O) groups is 2. The summed E-state index contributed by atoms with van der Waals surface area (Å²) in [5.74, 6) is -1.55. The van der Waals surface area contributed by atoms with Gasteiger partial charge in [0.1, 0.15) is 0 Å². The van der Waals surface area contributed by atoms with E-state index in [0.717, 1.165) is 19.6 Å². The van der Waals surface area contributed by atoms with E-state index >= 15 is 0 Å². The molecule has 1 aromatic heterocycles. The van der Waals surface area contributed by atoms with Gasteiger partial charge in [0.2, 0.25) is 0 Å². The quantitative estimate of drug-likeness (QED) is 0.778. The summed E-state index contributed by atoms with van der Waals surface area (Å²) in [5.41, 5.74) is 0.0471. The third kappa shape index (κ3) is 3.75. The van der Waals surface area contributed by atoms with Crippen molar-refractivity contribution in [2.24, 2.45) is 0 Å². The standard InChI is InChI=1S/C13H17N3O4/c17-12(10-1-2-14-9-11(10)13(18)19)15-3-4-16-5-7-20-8-6-16/h1-2,9H,3-8H2,(H,15,17)(H,18,19). The molecule has 0 atom stereocenters. The summed E-state index contributed by atoms with van der Waals surface area (Å²) in [6.07, 6.45) is 2.59. The zero-order valence-electron chi connectivity index (χ0n) is 11.0. The summed E-state index contributed by atoms with van der Waals surface area (Å²) in [4.78, 5) is 28.9. The first-order valence-corrected chi connectivity index (χ1v) is 6.44. The first kappa shape index (κ1) is 14.4. The molecule has 108 valence electrons. The molecule has 7 nitrogen and oxygen atoms in total. The summed E-state index contributed by atoms with van der Waals surface area (Å²) in [6.45, 7) is 4.32. The molecule has 2 N–H and O–H groups in total. The minimum Gasteiger partial charge on any atom is -0.478 e. The predicted octanol–water partition coefficient (Wildman–Crippen LogP) is -0.158. The molecule has 1 aliphatic rings. The second-order valence-electron chi connectivity index (χ2n) is 4.44. The molecule has 0 aliphatic carbocycles. The Kier molecular flexibility index (Phi) is 5.03. The average molecular weight is 279 g/mol. The Morgan fingerprint density at radius 2 is 2.10 bits per heavy atom. The van der Waals surface area contributed by atoms with Crippen LogP contribution in [-0.2, 0) is 4.74 Å². The van der Waals surface area contributed by atoms with Crippen molar-refractivity contribution >= 4 is 11.9 Å². The normalized spacial score (nSPS) is 15.8. The lowest BCUT2D eigenvalue weighted by atomic mass is 10.1. The molecule has 20 heavy (non-hydrogen) atoms. The van der Waals surface area contributed by atoms with E-state index in [4.69, 9.17) is 9.84 Å². The second-order valence-corrected chi connectivity index (χ2v) is 4.44. The first-order valence-electron chi connectivity index (χ1n) is 6.44. The van der Waals surface area contributed by atoms with E-state index in [9.17, 15) is 9.59 Å². The van der Waals surface area contributed by atoms with Crippen LogP contribution in [0.5, 0.6) is 0 Å². The Labute approximate surface area is 116 Å². The summed E-state index contributed by atoms with van der Waals surface area (Å²) in [6, 6.07) is 1.41. The molecule has 0 saturated carbocycles. The highest BCUT2D eigenvalue weighted by Crippen LogP contribution is 2.06. The fraction of sp³-hybridized carbons (Fsp3) is 0.462. The maximum absolute atomic E-state index is 12.0. The van der Waals surface area contributed by atoms with Crippen LogP contribution in [-0.4, -0.2) is 66.3 Å². The SMILES string of the molecule is O=C(O)c1cnccc1C(=O)NCCN1CCOCC1. The molecule has 0 aromatic carbocycles. The maximum atomic E-state index is 12.0. The molecule has 0 spiro atoms. The van der Waals surface area contributed by atoms with E-state index < -0.39 is 11.9 Å². The van der Waals surface area contributed by atoms with E-state index in [0.29, 0.717) is 19.8 Å². The summed E-state index contributed by atoms with van der Waals surface area (Å²) < 4.78 is 5.24. The van der Waals surface area contributed by atoms with Crippen LogP contribution in [0.15, 0.2) is 18.5 Å².